The van der Waals surface area contributed by atoms with E-state index in [1.807, 2.05) is 0 Å². The fourth-order valence-corrected chi connectivity index (χ4v) is 8.27. The summed E-state index contributed by atoms with van der Waals surface area (Å²) in [5, 5.41) is 0. The number of hydrogen-bond acceptors (Lipinski definition) is 6. The molecule has 0 aliphatic rings. The van der Waals surface area contributed by atoms with E-state index in [1.54, 1.807) is 0 Å². The van der Waals surface area contributed by atoms with Crippen molar-refractivity contribution in [3.8, 4) is 0 Å². The molecule has 0 heterocycles. The minimum Gasteiger partial charge on any atom is -0.462 e. The van der Waals surface area contributed by atoms with Crippen LogP contribution in [0, 0.1) is 0 Å². The highest BCUT2D eigenvalue weighted by molar-refractivity contribution is 5.71. The Kier molecular flexibility index (Phi) is 60.9. The molecule has 78 heavy (non-hydrogen) atoms. The molecule has 6 heteroatoms. The summed E-state index contributed by atoms with van der Waals surface area (Å²) in [6.07, 6.45) is 92.7. The Morgan fingerprint density at radius 1 is 0.269 bits per heavy atom. The lowest BCUT2D eigenvalue weighted by molar-refractivity contribution is -0.167. The fourth-order valence-electron chi connectivity index (χ4n) is 8.27. The van der Waals surface area contributed by atoms with Crippen LogP contribution in [0.4, 0.5) is 0 Å². The summed E-state index contributed by atoms with van der Waals surface area (Å²) in [6.45, 7) is 6.42. The molecule has 0 radical (unpaired) electrons. The lowest BCUT2D eigenvalue weighted by Gasteiger charge is -2.18. The van der Waals surface area contributed by atoms with Crippen molar-refractivity contribution in [2.24, 2.45) is 0 Å². The second-order valence-electron chi connectivity index (χ2n) is 20.6. The number of esters is 3. The molecule has 0 saturated heterocycles. The zero-order chi connectivity index (χ0) is 56.4. The molecule has 0 amide bonds. The zero-order valence-electron chi connectivity index (χ0n) is 50.4. The van der Waals surface area contributed by atoms with Gasteiger partial charge < -0.3 is 14.2 Å². The quantitative estimate of drug-likeness (QED) is 0.0261. The van der Waals surface area contributed by atoms with Crippen LogP contribution in [0.5, 0.6) is 0 Å². The maximum absolute atomic E-state index is 12.9. The van der Waals surface area contributed by atoms with Crippen LogP contribution < -0.4 is 0 Å². The van der Waals surface area contributed by atoms with Crippen molar-refractivity contribution in [3.05, 3.63) is 146 Å². The predicted molar refractivity (Wildman–Crippen MR) is 339 cm³/mol. The van der Waals surface area contributed by atoms with Gasteiger partial charge in [0, 0.05) is 19.3 Å². The van der Waals surface area contributed by atoms with Gasteiger partial charge in [-0.1, -0.05) is 256 Å². The van der Waals surface area contributed by atoms with Crippen molar-refractivity contribution in [1.29, 1.82) is 0 Å². The lowest BCUT2D eigenvalue weighted by Crippen LogP contribution is -2.30. The molecule has 440 valence electrons. The topological polar surface area (TPSA) is 78.9 Å². The number of ether oxygens (including phenoxy) is 3. The van der Waals surface area contributed by atoms with Crippen molar-refractivity contribution < 1.29 is 28.6 Å². The van der Waals surface area contributed by atoms with Crippen LogP contribution in [0.2, 0.25) is 0 Å². The average molecular weight is 1080 g/mol. The largest absolute Gasteiger partial charge is 0.462 e. The van der Waals surface area contributed by atoms with E-state index in [2.05, 4.69) is 167 Å². The summed E-state index contributed by atoms with van der Waals surface area (Å²) in [5.41, 5.74) is 0. The van der Waals surface area contributed by atoms with E-state index in [0.29, 0.717) is 19.3 Å². The molecular weight excluding hydrogens is 961 g/mol. The number of rotatable bonds is 56. The molecule has 0 N–H and O–H groups in total. The molecule has 0 spiro atoms. The zero-order valence-corrected chi connectivity index (χ0v) is 50.4. The van der Waals surface area contributed by atoms with Gasteiger partial charge in [-0.3, -0.25) is 14.4 Å². The van der Waals surface area contributed by atoms with Crippen LogP contribution in [0.3, 0.4) is 0 Å². The van der Waals surface area contributed by atoms with Crippen LogP contribution in [0.25, 0.3) is 0 Å². The van der Waals surface area contributed by atoms with Gasteiger partial charge in [-0.15, -0.1) is 0 Å². The Balaban J connectivity index is 4.49. The van der Waals surface area contributed by atoms with Crippen molar-refractivity contribution >= 4 is 17.9 Å². The third-order valence-electron chi connectivity index (χ3n) is 13.0. The molecule has 0 aromatic heterocycles. The molecular formula is C72H116O6. The minimum atomic E-state index is -0.813. The van der Waals surface area contributed by atoms with Crippen LogP contribution >= 0.6 is 0 Å². The van der Waals surface area contributed by atoms with Crippen molar-refractivity contribution in [2.45, 2.75) is 277 Å². The number of carbonyl (C=O) groups is 3. The van der Waals surface area contributed by atoms with Gasteiger partial charge in [0.05, 0.1) is 0 Å². The Morgan fingerprint density at radius 2 is 0.513 bits per heavy atom. The van der Waals surface area contributed by atoms with Crippen molar-refractivity contribution in [3.63, 3.8) is 0 Å². The van der Waals surface area contributed by atoms with Gasteiger partial charge in [0.25, 0.3) is 0 Å². The van der Waals surface area contributed by atoms with Crippen molar-refractivity contribution in [2.75, 3.05) is 13.2 Å². The van der Waals surface area contributed by atoms with E-state index < -0.39 is 6.10 Å². The molecule has 0 saturated carbocycles. The Labute approximate surface area is 480 Å². The highest BCUT2D eigenvalue weighted by Crippen LogP contribution is 2.14. The normalized spacial score (nSPS) is 13.1. The third-order valence-corrected chi connectivity index (χ3v) is 13.0. The van der Waals surface area contributed by atoms with Gasteiger partial charge >= 0.3 is 17.9 Å². The summed E-state index contributed by atoms with van der Waals surface area (Å²) >= 11 is 0. The Morgan fingerprint density at radius 3 is 0.833 bits per heavy atom. The van der Waals surface area contributed by atoms with Crippen LogP contribution in [-0.4, -0.2) is 37.2 Å². The molecule has 0 aromatic rings. The van der Waals surface area contributed by atoms with Gasteiger partial charge in [-0.25, -0.2) is 0 Å². The van der Waals surface area contributed by atoms with Gasteiger partial charge in [0.1, 0.15) is 13.2 Å². The first-order chi connectivity index (χ1) is 38.5. The number of carbonyl (C=O) groups excluding carboxylic acids is 3. The maximum Gasteiger partial charge on any atom is 0.306 e. The lowest BCUT2D eigenvalue weighted by atomic mass is 10.1. The highest BCUT2D eigenvalue weighted by Gasteiger charge is 2.19. The first kappa shape index (κ1) is 73.3. The second-order valence-corrected chi connectivity index (χ2v) is 20.6. The smallest absolute Gasteiger partial charge is 0.306 e. The van der Waals surface area contributed by atoms with Gasteiger partial charge in [0.15, 0.2) is 6.10 Å². The van der Waals surface area contributed by atoms with Gasteiger partial charge in [-0.2, -0.15) is 0 Å². The first-order valence-electron chi connectivity index (χ1n) is 31.8. The van der Waals surface area contributed by atoms with E-state index in [0.717, 1.165) is 161 Å². The fraction of sp³-hybridized carbons (Fsp3) is 0.625. The molecule has 1 unspecified atom stereocenters. The molecule has 0 aliphatic carbocycles. The van der Waals surface area contributed by atoms with E-state index in [4.69, 9.17) is 14.2 Å². The van der Waals surface area contributed by atoms with Crippen molar-refractivity contribution in [1.82, 2.24) is 0 Å². The first-order valence-corrected chi connectivity index (χ1v) is 31.8. The minimum absolute atomic E-state index is 0.107. The van der Waals surface area contributed by atoms with Gasteiger partial charge in [-0.05, 0) is 141 Å². The highest BCUT2D eigenvalue weighted by atomic mass is 16.6. The molecule has 6 nitrogen and oxygen atoms in total. The van der Waals surface area contributed by atoms with Crippen LogP contribution in [-0.2, 0) is 28.6 Å². The summed E-state index contributed by atoms with van der Waals surface area (Å²) in [6, 6.07) is 0. The maximum atomic E-state index is 12.9. The van der Waals surface area contributed by atoms with E-state index in [-0.39, 0.29) is 31.1 Å². The molecule has 0 rings (SSSR count). The number of allylic oxidation sites excluding steroid dienone is 24. The average Bonchev–Trinajstić information content (AvgIpc) is 3.44. The monoisotopic (exact) mass is 1080 g/mol. The number of unbranched alkanes of at least 4 members (excludes halogenated alkanes) is 21. The Hall–Kier alpha value is -4.71. The van der Waals surface area contributed by atoms with E-state index in [9.17, 15) is 14.4 Å². The molecule has 0 bridgehead atoms. The summed E-state index contributed by atoms with van der Waals surface area (Å²) < 4.78 is 16.9. The van der Waals surface area contributed by atoms with Crippen LogP contribution in [0.1, 0.15) is 271 Å². The van der Waals surface area contributed by atoms with E-state index >= 15 is 0 Å². The molecule has 1 atom stereocenters. The standard InChI is InChI=1S/C72H116O6/c1-4-7-10-13-16-19-22-25-28-30-32-34-35-36-37-39-40-42-44-47-50-53-56-59-62-65-71(74)77-68-69(67-76-70(73)64-61-58-55-52-49-46-27-24-21-18-15-12-9-6-3)78-72(75)66-63-60-57-54-51-48-45-43-41-38-33-31-29-26-23-20-17-14-11-8-5-2/h7,10,15-16,18-19,23-28,31-34,36-37,40-43,47,50,69H,4-6,8-9,11-14,17,20-22,29-30,35,38-39,44-46,48-49,51-68H2,1-3H3/b10-7-,18-15-,19-16-,26-23-,27-24-,28-25-,33-31-,34-32-,37-36-,42-40-,43-41-,50-47-. The molecule has 0 aliphatic heterocycles. The molecule has 0 aromatic carbocycles. The Bertz CT molecular complexity index is 1710. The second kappa shape index (κ2) is 64.8. The number of hydrogen-bond donors (Lipinski definition) is 0. The van der Waals surface area contributed by atoms with Crippen LogP contribution in [0.15, 0.2) is 146 Å². The van der Waals surface area contributed by atoms with Gasteiger partial charge in [0.2, 0.25) is 0 Å². The van der Waals surface area contributed by atoms with E-state index in [1.165, 1.54) is 70.6 Å². The predicted octanol–water partition coefficient (Wildman–Crippen LogP) is 21.9. The summed E-state index contributed by atoms with van der Waals surface area (Å²) in [7, 11) is 0. The molecule has 0 fully saturated rings. The SMILES string of the molecule is CC/C=C\C/C=C\C/C=C\C/C=C\C/C=C\C/C=C\C/C=C\CCCCCC(=O)OCC(COC(=O)CCCCCCC/C=C\C/C=C\CCCC)OC(=O)CCCCCCCC/C=C\C/C=C\C/C=C\CCCCCCC. The summed E-state index contributed by atoms with van der Waals surface area (Å²) in [5.74, 6) is -0.968. The third kappa shape index (κ3) is 62.1. The summed E-state index contributed by atoms with van der Waals surface area (Å²) in [4.78, 5) is 38.3.